The van der Waals surface area contributed by atoms with Gasteiger partial charge in [0, 0.05) is 17.8 Å². The largest absolute Gasteiger partial charge is 0.487 e. The van der Waals surface area contributed by atoms with Crippen LogP contribution in [-0.2, 0) is 0 Å². The Morgan fingerprint density at radius 3 is 2.59 bits per heavy atom. The molecule has 1 aliphatic heterocycles. The number of H-pyrrole nitrogens is 1. The second kappa shape index (κ2) is 8.84. The molecule has 5 N–H and O–H groups in total. The second-order valence-corrected chi connectivity index (χ2v) is 6.77. The zero-order valence-corrected chi connectivity index (χ0v) is 16.7. The Morgan fingerprint density at radius 2 is 2.04 bits per heavy atom. The van der Waals surface area contributed by atoms with Crippen LogP contribution in [0.5, 0.6) is 5.75 Å². The number of hydrogen-bond acceptors (Lipinski definition) is 4. The van der Waals surface area contributed by atoms with E-state index in [0.29, 0.717) is 34.3 Å². The summed E-state index contributed by atoms with van der Waals surface area (Å²) in [6.45, 7) is 3.25. The lowest BCUT2D eigenvalue weighted by atomic mass is 10.1. The Labute approximate surface area is 172 Å². The number of primary amides is 1. The van der Waals surface area contributed by atoms with Crippen LogP contribution in [0.2, 0.25) is 10.0 Å². The maximum absolute atomic E-state index is 12.6. The summed E-state index contributed by atoms with van der Waals surface area (Å²) in [5.41, 5.74) is 6.79. The quantitative estimate of drug-likeness (QED) is 0.580. The number of ether oxygens (including phenoxy) is 1. The van der Waals surface area contributed by atoms with Crippen molar-refractivity contribution in [3.05, 3.63) is 45.2 Å². The predicted octanol–water partition coefficient (Wildman–Crippen LogP) is 3.14. The molecule has 1 aromatic carbocycles. The lowest BCUT2D eigenvalue weighted by molar-refractivity contribution is 0.0997. The van der Waals surface area contributed by atoms with Gasteiger partial charge >= 0.3 is 0 Å². The van der Waals surface area contributed by atoms with Gasteiger partial charge in [0.1, 0.15) is 17.5 Å². The van der Waals surface area contributed by atoms with Crippen LogP contribution in [0.3, 0.4) is 0 Å². The minimum absolute atomic E-state index is 0. The lowest BCUT2D eigenvalue weighted by Crippen LogP contribution is -2.22. The molecule has 0 saturated carbocycles. The molecule has 2 aromatic rings. The molecule has 1 aromatic heterocycles. The van der Waals surface area contributed by atoms with Crippen molar-refractivity contribution in [1.82, 2.24) is 10.3 Å². The number of nitrogens with one attached hydrogen (secondary N) is 3. The van der Waals surface area contributed by atoms with E-state index in [1.165, 1.54) is 12.1 Å². The van der Waals surface area contributed by atoms with Crippen molar-refractivity contribution in [3.63, 3.8) is 0 Å². The van der Waals surface area contributed by atoms with Crippen LogP contribution >= 0.6 is 35.6 Å². The molecule has 2 heterocycles. The molecular weight excluding hydrogens is 415 g/mol. The summed E-state index contributed by atoms with van der Waals surface area (Å²) in [5.74, 6) is -0.674. The molecule has 1 atom stereocenters. The van der Waals surface area contributed by atoms with Crippen molar-refractivity contribution in [1.29, 1.82) is 0 Å². The van der Waals surface area contributed by atoms with Gasteiger partial charge in [-0.15, -0.1) is 12.4 Å². The molecule has 0 bridgehead atoms. The predicted molar refractivity (Wildman–Crippen MR) is 108 cm³/mol. The SMILES string of the molecule is Cc1[nH]c(C(=O)Nc2ccc(C(N)=O)cc2OC2CCNC2)c(Cl)c1Cl.Cl. The van der Waals surface area contributed by atoms with Gasteiger partial charge in [-0.2, -0.15) is 0 Å². The van der Waals surface area contributed by atoms with E-state index in [2.05, 4.69) is 15.6 Å². The molecule has 0 aliphatic carbocycles. The van der Waals surface area contributed by atoms with Crippen LogP contribution in [0.1, 0.15) is 33.0 Å². The molecule has 2 amide bonds. The fraction of sp³-hybridized carbons (Fsp3) is 0.294. The standard InChI is InChI=1S/C17H18Cl2N4O3.ClH/c1-8-13(18)14(19)15(22-8)17(25)23-11-3-2-9(16(20)24)6-12(11)26-10-4-5-21-7-10;/h2-3,6,10,21-22H,4-5,7H2,1H3,(H2,20,24)(H,23,25);1H. The fourth-order valence-electron chi connectivity index (χ4n) is 2.70. The number of carbonyl (C=O) groups excluding carboxylic acids is 2. The van der Waals surface area contributed by atoms with E-state index >= 15 is 0 Å². The summed E-state index contributed by atoms with van der Waals surface area (Å²) in [6, 6.07) is 4.61. The molecule has 1 unspecified atom stereocenters. The molecular formula is C17H19Cl3N4O3. The molecule has 27 heavy (non-hydrogen) atoms. The van der Waals surface area contributed by atoms with Crippen molar-refractivity contribution >= 4 is 53.1 Å². The number of benzene rings is 1. The number of halogens is 3. The minimum Gasteiger partial charge on any atom is -0.487 e. The van der Waals surface area contributed by atoms with Gasteiger partial charge in [-0.1, -0.05) is 23.2 Å². The third-order valence-electron chi connectivity index (χ3n) is 4.10. The van der Waals surface area contributed by atoms with Crippen LogP contribution in [0, 0.1) is 6.92 Å². The molecule has 3 rings (SSSR count). The van der Waals surface area contributed by atoms with Gasteiger partial charge < -0.3 is 26.1 Å². The summed E-state index contributed by atoms with van der Waals surface area (Å²) >= 11 is 12.1. The van der Waals surface area contributed by atoms with Gasteiger partial charge in [-0.05, 0) is 38.1 Å². The smallest absolute Gasteiger partial charge is 0.273 e. The second-order valence-electron chi connectivity index (χ2n) is 6.01. The number of carbonyl (C=O) groups is 2. The molecule has 10 heteroatoms. The Bertz CT molecular complexity index is 863. The van der Waals surface area contributed by atoms with E-state index in [0.717, 1.165) is 13.0 Å². The highest BCUT2D eigenvalue weighted by atomic mass is 35.5. The summed E-state index contributed by atoms with van der Waals surface area (Å²) in [4.78, 5) is 26.9. The third-order valence-corrected chi connectivity index (χ3v) is 5.05. The Morgan fingerprint density at radius 1 is 1.30 bits per heavy atom. The average Bonchev–Trinajstić information content (AvgIpc) is 3.20. The van der Waals surface area contributed by atoms with Crippen molar-refractivity contribution in [2.24, 2.45) is 5.73 Å². The highest BCUT2D eigenvalue weighted by molar-refractivity contribution is 6.44. The van der Waals surface area contributed by atoms with Gasteiger partial charge in [-0.25, -0.2) is 0 Å². The highest BCUT2D eigenvalue weighted by Gasteiger charge is 2.22. The average molecular weight is 434 g/mol. The first-order chi connectivity index (χ1) is 12.4. The monoisotopic (exact) mass is 432 g/mol. The maximum Gasteiger partial charge on any atom is 0.273 e. The van der Waals surface area contributed by atoms with Gasteiger partial charge in [0.15, 0.2) is 0 Å². The van der Waals surface area contributed by atoms with E-state index in [-0.39, 0.29) is 29.2 Å². The number of aromatic nitrogens is 1. The molecule has 0 radical (unpaired) electrons. The van der Waals surface area contributed by atoms with Crippen LogP contribution in [0.15, 0.2) is 18.2 Å². The van der Waals surface area contributed by atoms with Crippen molar-refractivity contribution in [2.75, 3.05) is 18.4 Å². The van der Waals surface area contributed by atoms with Crippen LogP contribution in [-0.4, -0.2) is 36.0 Å². The van der Waals surface area contributed by atoms with Crippen LogP contribution < -0.4 is 21.1 Å². The van der Waals surface area contributed by atoms with Crippen LogP contribution in [0.25, 0.3) is 0 Å². The Hall–Kier alpha value is -1.93. The molecule has 1 aliphatic rings. The van der Waals surface area contributed by atoms with E-state index in [4.69, 9.17) is 33.7 Å². The number of aryl methyl sites for hydroxylation is 1. The summed E-state index contributed by atoms with van der Waals surface area (Å²) < 4.78 is 5.94. The molecule has 1 saturated heterocycles. The topological polar surface area (TPSA) is 109 Å². The molecule has 1 fully saturated rings. The fourth-order valence-corrected chi connectivity index (χ4v) is 3.11. The molecule has 146 valence electrons. The number of aromatic amines is 1. The number of nitrogens with two attached hydrogens (primary N) is 1. The zero-order chi connectivity index (χ0) is 18.8. The van der Waals surface area contributed by atoms with Gasteiger partial charge in [0.2, 0.25) is 5.91 Å². The minimum atomic E-state index is -0.577. The van der Waals surface area contributed by atoms with E-state index in [1.807, 2.05) is 0 Å². The maximum atomic E-state index is 12.6. The van der Waals surface area contributed by atoms with Crippen LogP contribution in [0.4, 0.5) is 5.69 Å². The normalized spacial score (nSPS) is 15.9. The Balaban J connectivity index is 0.00000261. The van der Waals surface area contributed by atoms with Gasteiger partial charge in [0.25, 0.3) is 5.91 Å². The van der Waals surface area contributed by atoms with Gasteiger partial charge in [-0.3, -0.25) is 9.59 Å². The highest BCUT2D eigenvalue weighted by Crippen LogP contribution is 2.32. The number of anilines is 1. The summed E-state index contributed by atoms with van der Waals surface area (Å²) in [7, 11) is 0. The molecule has 0 spiro atoms. The van der Waals surface area contributed by atoms with Crippen molar-refractivity contribution < 1.29 is 14.3 Å². The Kier molecular flexibility index (Phi) is 7.00. The first-order valence-electron chi connectivity index (χ1n) is 8.03. The first-order valence-corrected chi connectivity index (χ1v) is 8.78. The van der Waals surface area contributed by atoms with E-state index in [1.54, 1.807) is 13.0 Å². The number of hydrogen-bond donors (Lipinski definition) is 4. The number of amides is 2. The van der Waals surface area contributed by atoms with Crippen molar-refractivity contribution in [3.8, 4) is 5.75 Å². The van der Waals surface area contributed by atoms with E-state index < -0.39 is 11.8 Å². The van der Waals surface area contributed by atoms with Gasteiger partial charge in [0.05, 0.1) is 15.7 Å². The first kappa shape index (κ1) is 21.4. The molecule has 7 nitrogen and oxygen atoms in total. The van der Waals surface area contributed by atoms with E-state index in [9.17, 15) is 9.59 Å². The zero-order valence-electron chi connectivity index (χ0n) is 14.4. The lowest BCUT2D eigenvalue weighted by Gasteiger charge is -2.17. The number of rotatable bonds is 5. The summed E-state index contributed by atoms with van der Waals surface area (Å²) in [5, 5.41) is 6.38. The van der Waals surface area contributed by atoms with Crippen molar-refractivity contribution in [2.45, 2.75) is 19.4 Å². The summed E-state index contributed by atoms with van der Waals surface area (Å²) in [6.07, 6.45) is 0.769. The third kappa shape index (κ3) is 4.68.